The van der Waals surface area contributed by atoms with E-state index in [4.69, 9.17) is 0 Å². The molecule has 1 unspecified atom stereocenters. The van der Waals surface area contributed by atoms with Crippen LogP contribution in [0.4, 0.5) is 4.39 Å². The van der Waals surface area contributed by atoms with Gasteiger partial charge in [-0.15, -0.1) is 0 Å². The van der Waals surface area contributed by atoms with Gasteiger partial charge in [0.15, 0.2) is 0 Å². The molecule has 1 fully saturated rings. The molecule has 0 saturated carbocycles. The fourth-order valence-electron chi connectivity index (χ4n) is 4.01. The summed E-state index contributed by atoms with van der Waals surface area (Å²) in [5.74, 6) is -0.305. The summed E-state index contributed by atoms with van der Waals surface area (Å²) in [4.78, 5) is 14.9. The van der Waals surface area contributed by atoms with Gasteiger partial charge in [-0.1, -0.05) is 25.5 Å². The number of benzene rings is 1. The van der Waals surface area contributed by atoms with Gasteiger partial charge in [0.1, 0.15) is 11.5 Å². The molecule has 0 bridgehead atoms. The zero-order chi connectivity index (χ0) is 19.4. The number of amides is 1. The Morgan fingerprint density at radius 2 is 2.07 bits per heavy atom. The summed E-state index contributed by atoms with van der Waals surface area (Å²) in [7, 11) is 1.80. The molecule has 0 radical (unpaired) electrons. The standard InChI is InChI=1S/C21H28FN3O2/c1-3-5-18-12-19(24(2)23-18)20(27)25-11-4-10-21(14-25,15-26)13-16-6-8-17(22)9-7-16/h6-9,12,26H,3-5,10-11,13-15H2,1-2H3. The minimum Gasteiger partial charge on any atom is -0.396 e. The quantitative estimate of drug-likeness (QED) is 0.847. The number of hydrogen-bond acceptors (Lipinski definition) is 3. The molecule has 2 aromatic rings. The second kappa shape index (κ2) is 8.21. The maximum absolute atomic E-state index is 13.2. The van der Waals surface area contributed by atoms with Crippen LogP contribution in [0.5, 0.6) is 0 Å². The Morgan fingerprint density at radius 1 is 1.33 bits per heavy atom. The molecule has 5 nitrogen and oxygen atoms in total. The highest BCUT2D eigenvalue weighted by molar-refractivity contribution is 5.92. The Morgan fingerprint density at radius 3 is 2.74 bits per heavy atom. The molecule has 1 atom stereocenters. The molecule has 0 spiro atoms. The Kier molecular flexibility index (Phi) is 5.95. The van der Waals surface area contributed by atoms with Crippen molar-refractivity contribution in [3.63, 3.8) is 0 Å². The highest BCUT2D eigenvalue weighted by Crippen LogP contribution is 2.34. The van der Waals surface area contributed by atoms with E-state index in [0.717, 1.165) is 36.9 Å². The third-order valence-electron chi connectivity index (χ3n) is 5.43. The molecule has 1 aliphatic rings. The maximum atomic E-state index is 13.2. The summed E-state index contributed by atoms with van der Waals surface area (Å²) in [6, 6.07) is 8.27. The van der Waals surface area contributed by atoms with Gasteiger partial charge in [0.2, 0.25) is 0 Å². The third kappa shape index (κ3) is 4.38. The Hall–Kier alpha value is -2.21. The lowest BCUT2D eigenvalue weighted by atomic mass is 9.75. The lowest BCUT2D eigenvalue weighted by Crippen LogP contribution is -2.49. The van der Waals surface area contributed by atoms with Crippen molar-refractivity contribution >= 4 is 5.91 Å². The first-order valence-electron chi connectivity index (χ1n) is 9.64. The summed E-state index contributed by atoms with van der Waals surface area (Å²) in [5, 5.41) is 14.6. The van der Waals surface area contributed by atoms with E-state index >= 15 is 0 Å². The molecule has 146 valence electrons. The monoisotopic (exact) mass is 373 g/mol. The van der Waals surface area contributed by atoms with E-state index < -0.39 is 5.41 Å². The Bertz CT molecular complexity index is 787. The number of piperidine rings is 1. The van der Waals surface area contributed by atoms with Crippen molar-refractivity contribution in [3.8, 4) is 0 Å². The van der Waals surface area contributed by atoms with E-state index in [2.05, 4.69) is 12.0 Å². The third-order valence-corrected chi connectivity index (χ3v) is 5.43. The number of carbonyl (C=O) groups excluding carboxylic acids is 1. The second-order valence-electron chi connectivity index (χ2n) is 7.69. The van der Waals surface area contributed by atoms with Crippen LogP contribution < -0.4 is 0 Å². The van der Waals surface area contributed by atoms with Gasteiger partial charge in [0, 0.05) is 25.6 Å². The van der Waals surface area contributed by atoms with Crippen molar-refractivity contribution in [1.29, 1.82) is 0 Å². The van der Waals surface area contributed by atoms with E-state index in [1.165, 1.54) is 12.1 Å². The van der Waals surface area contributed by atoms with Gasteiger partial charge in [-0.3, -0.25) is 9.48 Å². The lowest BCUT2D eigenvalue weighted by molar-refractivity contribution is 0.0265. The van der Waals surface area contributed by atoms with Crippen LogP contribution >= 0.6 is 0 Å². The highest BCUT2D eigenvalue weighted by Gasteiger charge is 2.37. The largest absolute Gasteiger partial charge is 0.396 e. The average Bonchev–Trinajstić information content (AvgIpc) is 3.04. The smallest absolute Gasteiger partial charge is 0.272 e. The molecule has 3 rings (SSSR count). The van der Waals surface area contributed by atoms with E-state index in [1.54, 1.807) is 23.9 Å². The molecule has 0 aliphatic carbocycles. The van der Waals surface area contributed by atoms with Gasteiger partial charge in [0.05, 0.1) is 12.3 Å². The van der Waals surface area contributed by atoms with Crippen molar-refractivity contribution in [1.82, 2.24) is 14.7 Å². The van der Waals surface area contributed by atoms with Gasteiger partial charge in [-0.05, 0) is 49.4 Å². The first kappa shape index (κ1) is 19.5. The van der Waals surface area contributed by atoms with Gasteiger partial charge in [-0.25, -0.2) is 4.39 Å². The van der Waals surface area contributed by atoms with Crippen molar-refractivity contribution in [2.45, 2.75) is 39.0 Å². The fourth-order valence-corrected chi connectivity index (χ4v) is 4.01. The van der Waals surface area contributed by atoms with E-state index in [-0.39, 0.29) is 18.3 Å². The predicted molar refractivity (Wildman–Crippen MR) is 102 cm³/mol. The summed E-state index contributed by atoms with van der Waals surface area (Å²) in [6.45, 7) is 3.26. The number of aromatic nitrogens is 2. The SMILES string of the molecule is CCCc1cc(C(=O)N2CCCC(CO)(Cc3ccc(F)cc3)C2)n(C)n1. The van der Waals surface area contributed by atoms with Crippen LogP contribution in [-0.4, -0.2) is 45.4 Å². The number of aryl methyl sites for hydroxylation is 2. The van der Waals surface area contributed by atoms with Crippen molar-refractivity contribution in [2.24, 2.45) is 12.5 Å². The highest BCUT2D eigenvalue weighted by atomic mass is 19.1. The van der Waals surface area contributed by atoms with Crippen LogP contribution in [0.3, 0.4) is 0 Å². The van der Waals surface area contributed by atoms with Crippen LogP contribution in [0.15, 0.2) is 30.3 Å². The molecule has 1 amide bonds. The summed E-state index contributed by atoms with van der Waals surface area (Å²) < 4.78 is 14.8. The molecule has 1 aromatic heterocycles. The molecule has 1 aliphatic heterocycles. The van der Waals surface area contributed by atoms with E-state index in [9.17, 15) is 14.3 Å². The minimum atomic E-state index is -0.392. The zero-order valence-corrected chi connectivity index (χ0v) is 16.1. The Labute approximate surface area is 159 Å². The number of rotatable bonds is 6. The lowest BCUT2D eigenvalue weighted by Gasteiger charge is -2.42. The van der Waals surface area contributed by atoms with Gasteiger partial charge >= 0.3 is 0 Å². The number of aliphatic hydroxyl groups is 1. The van der Waals surface area contributed by atoms with Gasteiger partial charge in [0.25, 0.3) is 5.91 Å². The van der Waals surface area contributed by atoms with Crippen molar-refractivity contribution in [3.05, 3.63) is 53.1 Å². The number of halogens is 1. The van der Waals surface area contributed by atoms with Crippen LogP contribution in [-0.2, 0) is 19.9 Å². The van der Waals surface area contributed by atoms with Gasteiger partial charge in [-0.2, -0.15) is 5.10 Å². The van der Waals surface area contributed by atoms with Crippen LogP contribution in [0.25, 0.3) is 0 Å². The molecule has 1 N–H and O–H groups in total. The number of nitrogens with zero attached hydrogens (tertiary/aromatic N) is 3. The van der Waals surface area contributed by atoms with Gasteiger partial charge < -0.3 is 10.0 Å². The molecule has 1 aromatic carbocycles. The molecular formula is C21H28FN3O2. The molecule has 6 heteroatoms. The van der Waals surface area contributed by atoms with Crippen molar-refractivity contribution in [2.75, 3.05) is 19.7 Å². The topological polar surface area (TPSA) is 58.4 Å². The van der Waals surface area contributed by atoms with Crippen LogP contribution in [0.1, 0.15) is 47.9 Å². The second-order valence-corrected chi connectivity index (χ2v) is 7.69. The molecule has 2 heterocycles. The number of aliphatic hydroxyl groups excluding tert-OH is 1. The number of carbonyl (C=O) groups is 1. The fraction of sp³-hybridized carbons (Fsp3) is 0.524. The normalized spacial score (nSPS) is 20.1. The van der Waals surface area contributed by atoms with Crippen LogP contribution in [0.2, 0.25) is 0 Å². The average molecular weight is 373 g/mol. The summed E-state index contributed by atoms with van der Waals surface area (Å²) in [5.41, 5.74) is 2.11. The molecule has 27 heavy (non-hydrogen) atoms. The van der Waals surface area contributed by atoms with Crippen molar-refractivity contribution < 1.29 is 14.3 Å². The predicted octanol–water partition coefficient (Wildman–Crippen LogP) is 2.97. The first-order valence-corrected chi connectivity index (χ1v) is 9.64. The minimum absolute atomic E-state index is 0.000623. The van der Waals surface area contributed by atoms with E-state index in [1.807, 2.05) is 11.0 Å². The first-order chi connectivity index (χ1) is 13.0. The zero-order valence-electron chi connectivity index (χ0n) is 16.1. The van der Waals surface area contributed by atoms with Crippen LogP contribution in [0, 0.1) is 11.2 Å². The Balaban J connectivity index is 1.77. The summed E-state index contributed by atoms with van der Waals surface area (Å²) >= 11 is 0. The molecule has 1 saturated heterocycles. The number of likely N-dealkylation sites (tertiary alicyclic amines) is 1. The van der Waals surface area contributed by atoms with E-state index in [0.29, 0.717) is 25.2 Å². The maximum Gasteiger partial charge on any atom is 0.272 e. The summed E-state index contributed by atoms with van der Waals surface area (Å²) in [6.07, 6.45) is 4.15. The molecular weight excluding hydrogens is 345 g/mol. The number of hydrogen-bond donors (Lipinski definition) is 1.